The SMILES string of the molecule is CN1CCN(c2nc3cc4c(cc3n3cnnc23)C(F)(F)C(F)(F)C4(F)F)CC1. The molecule has 1 aromatic carbocycles. The van der Waals surface area contributed by atoms with Crippen LogP contribution in [0.5, 0.6) is 0 Å². The Balaban J connectivity index is 1.77. The summed E-state index contributed by atoms with van der Waals surface area (Å²) in [5.41, 5.74) is -2.75. The van der Waals surface area contributed by atoms with Gasteiger partial charge in [-0.3, -0.25) is 4.40 Å². The molecular formula is C17H14F6N6. The van der Waals surface area contributed by atoms with E-state index < -0.39 is 28.9 Å². The van der Waals surface area contributed by atoms with Crippen molar-refractivity contribution >= 4 is 22.5 Å². The first-order chi connectivity index (χ1) is 13.6. The first-order valence-electron chi connectivity index (χ1n) is 8.81. The van der Waals surface area contributed by atoms with E-state index in [2.05, 4.69) is 20.1 Å². The molecule has 5 rings (SSSR count). The summed E-state index contributed by atoms with van der Waals surface area (Å²) in [6.45, 7) is 2.60. The molecule has 2 aromatic heterocycles. The van der Waals surface area contributed by atoms with Gasteiger partial charge in [0.1, 0.15) is 6.33 Å². The van der Waals surface area contributed by atoms with E-state index in [0.717, 1.165) is 13.1 Å². The smallest absolute Gasteiger partial charge is 0.351 e. The fourth-order valence-corrected chi connectivity index (χ4v) is 3.87. The molecule has 0 unspecified atom stereocenters. The molecule has 0 radical (unpaired) electrons. The number of nitrogens with zero attached hydrogens (tertiary/aromatic N) is 6. The number of anilines is 1. The van der Waals surface area contributed by atoms with Crippen molar-refractivity contribution in [1.82, 2.24) is 24.5 Å². The highest BCUT2D eigenvalue weighted by Crippen LogP contribution is 2.63. The number of aromatic nitrogens is 4. The Bertz CT molecular complexity index is 1130. The minimum atomic E-state index is -5.54. The van der Waals surface area contributed by atoms with Crippen LogP contribution < -0.4 is 4.90 Å². The standard InChI is InChI=1S/C17H14F6N6/c1-27-2-4-28(5-3-27)13-14-26-24-8-29(14)12-7-10-9(6-11(12)25-13)15(18,19)17(22,23)16(10,20)21/h6-8H,2-5H2,1H3. The summed E-state index contributed by atoms with van der Waals surface area (Å²) >= 11 is 0. The molecule has 1 saturated heterocycles. The van der Waals surface area contributed by atoms with Crippen LogP contribution in [0.2, 0.25) is 0 Å². The van der Waals surface area contributed by atoms with E-state index in [0.29, 0.717) is 31.0 Å². The Kier molecular flexibility index (Phi) is 3.49. The second kappa shape index (κ2) is 5.49. The number of benzene rings is 1. The maximum atomic E-state index is 14.2. The van der Waals surface area contributed by atoms with Gasteiger partial charge in [0.2, 0.25) is 5.65 Å². The lowest BCUT2D eigenvalue weighted by Gasteiger charge is -2.33. The Morgan fingerprint density at radius 2 is 1.52 bits per heavy atom. The van der Waals surface area contributed by atoms with Crippen LogP contribution in [0.25, 0.3) is 16.7 Å². The number of piperazine rings is 1. The van der Waals surface area contributed by atoms with Gasteiger partial charge in [-0.1, -0.05) is 0 Å². The number of hydrogen-bond donors (Lipinski definition) is 0. The Morgan fingerprint density at radius 1 is 0.897 bits per heavy atom. The van der Waals surface area contributed by atoms with Crippen LogP contribution in [-0.4, -0.2) is 63.6 Å². The molecule has 6 nitrogen and oxygen atoms in total. The molecule has 154 valence electrons. The van der Waals surface area contributed by atoms with E-state index in [-0.39, 0.29) is 16.7 Å². The van der Waals surface area contributed by atoms with Gasteiger partial charge in [-0.05, 0) is 19.2 Å². The lowest BCUT2D eigenvalue weighted by atomic mass is 10.1. The van der Waals surface area contributed by atoms with Crippen molar-refractivity contribution in [2.45, 2.75) is 17.8 Å². The molecule has 3 heterocycles. The van der Waals surface area contributed by atoms with E-state index in [9.17, 15) is 26.3 Å². The summed E-state index contributed by atoms with van der Waals surface area (Å²) in [6.07, 6.45) is 1.22. The third-order valence-corrected chi connectivity index (χ3v) is 5.62. The molecule has 0 atom stereocenters. The van der Waals surface area contributed by atoms with Crippen molar-refractivity contribution < 1.29 is 26.3 Å². The molecule has 0 bridgehead atoms. The average Bonchev–Trinajstić information content (AvgIpc) is 3.19. The topological polar surface area (TPSA) is 49.6 Å². The predicted molar refractivity (Wildman–Crippen MR) is 90.7 cm³/mol. The summed E-state index contributed by atoms with van der Waals surface area (Å²) < 4.78 is 85.7. The minimum Gasteiger partial charge on any atom is -0.351 e. The monoisotopic (exact) mass is 416 g/mol. The Morgan fingerprint density at radius 3 is 2.17 bits per heavy atom. The van der Waals surface area contributed by atoms with E-state index >= 15 is 0 Å². The summed E-state index contributed by atoms with van der Waals surface area (Å²) in [6, 6.07) is 1.26. The fraction of sp³-hybridized carbons (Fsp3) is 0.471. The lowest BCUT2D eigenvalue weighted by molar-refractivity contribution is -0.302. The van der Waals surface area contributed by atoms with E-state index in [4.69, 9.17) is 0 Å². The molecule has 1 aliphatic heterocycles. The molecule has 0 N–H and O–H groups in total. The zero-order valence-electron chi connectivity index (χ0n) is 15.0. The van der Waals surface area contributed by atoms with Gasteiger partial charge < -0.3 is 9.80 Å². The van der Waals surface area contributed by atoms with E-state index in [1.807, 2.05) is 11.9 Å². The maximum absolute atomic E-state index is 14.2. The molecule has 12 heteroatoms. The van der Waals surface area contributed by atoms with Crippen LogP contribution in [-0.2, 0) is 11.8 Å². The Hall–Kier alpha value is -2.63. The molecule has 0 spiro atoms. The van der Waals surface area contributed by atoms with Crippen molar-refractivity contribution in [1.29, 1.82) is 0 Å². The van der Waals surface area contributed by atoms with Gasteiger partial charge in [0.05, 0.1) is 11.0 Å². The quantitative estimate of drug-likeness (QED) is 0.571. The zero-order chi connectivity index (χ0) is 20.8. The predicted octanol–water partition coefficient (Wildman–Crippen LogP) is 2.86. The van der Waals surface area contributed by atoms with Gasteiger partial charge in [0.25, 0.3) is 0 Å². The lowest BCUT2D eigenvalue weighted by Crippen LogP contribution is -2.45. The molecule has 2 aliphatic rings. The summed E-state index contributed by atoms with van der Waals surface area (Å²) in [5.74, 6) is -15.2. The number of hydrogen-bond acceptors (Lipinski definition) is 5. The van der Waals surface area contributed by atoms with Crippen LogP contribution >= 0.6 is 0 Å². The average molecular weight is 416 g/mol. The fourth-order valence-electron chi connectivity index (χ4n) is 3.87. The molecule has 0 amide bonds. The second-order valence-corrected chi connectivity index (χ2v) is 7.36. The van der Waals surface area contributed by atoms with Crippen LogP contribution in [0.3, 0.4) is 0 Å². The van der Waals surface area contributed by atoms with E-state index in [1.165, 1.54) is 10.7 Å². The summed E-state index contributed by atoms with van der Waals surface area (Å²) in [7, 11) is 1.95. The van der Waals surface area contributed by atoms with Crippen molar-refractivity contribution in [3.63, 3.8) is 0 Å². The molecule has 29 heavy (non-hydrogen) atoms. The number of halogens is 6. The highest BCUT2D eigenvalue weighted by molar-refractivity contribution is 5.85. The van der Waals surface area contributed by atoms with Crippen molar-refractivity contribution in [3.05, 3.63) is 29.6 Å². The van der Waals surface area contributed by atoms with Crippen molar-refractivity contribution in [2.24, 2.45) is 0 Å². The molecule has 1 fully saturated rings. The van der Waals surface area contributed by atoms with Crippen LogP contribution in [0.15, 0.2) is 18.5 Å². The highest BCUT2D eigenvalue weighted by Gasteiger charge is 2.79. The van der Waals surface area contributed by atoms with Crippen molar-refractivity contribution in [2.75, 3.05) is 38.1 Å². The minimum absolute atomic E-state index is 0.0465. The van der Waals surface area contributed by atoms with Gasteiger partial charge in [-0.2, -0.15) is 26.3 Å². The van der Waals surface area contributed by atoms with Gasteiger partial charge in [0, 0.05) is 37.3 Å². The number of rotatable bonds is 1. The Labute approximate surface area is 159 Å². The highest BCUT2D eigenvalue weighted by atomic mass is 19.3. The van der Waals surface area contributed by atoms with Gasteiger partial charge >= 0.3 is 17.8 Å². The third kappa shape index (κ3) is 2.20. The summed E-state index contributed by atoms with van der Waals surface area (Å²) in [5, 5.41) is 7.72. The number of likely N-dealkylation sites (N-methyl/N-ethyl adjacent to an activating group) is 1. The molecule has 1 aliphatic carbocycles. The van der Waals surface area contributed by atoms with Gasteiger partial charge in [0.15, 0.2) is 5.82 Å². The second-order valence-electron chi connectivity index (χ2n) is 7.36. The molecule has 3 aromatic rings. The molecule has 0 saturated carbocycles. The van der Waals surface area contributed by atoms with Crippen LogP contribution in [0, 0.1) is 0 Å². The number of fused-ring (bicyclic) bond motifs is 4. The summed E-state index contributed by atoms with van der Waals surface area (Å²) in [4.78, 5) is 8.29. The largest absolute Gasteiger partial charge is 0.380 e. The number of alkyl halides is 6. The van der Waals surface area contributed by atoms with E-state index in [1.54, 1.807) is 0 Å². The van der Waals surface area contributed by atoms with Crippen LogP contribution in [0.1, 0.15) is 11.1 Å². The third-order valence-electron chi connectivity index (χ3n) is 5.62. The first kappa shape index (κ1) is 18.4. The molecular weight excluding hydrogens is 402 g/mol. The first-order valence-corrected chi connectivity index (χ1v) is 8.81. The van der Waals surface area contributed by atoms with Crippen LogP contribution in [0.4, 0.5) is 32.2 Å². The normalized spacial score (nSPS) is 23.1. The van der Waals surface area contributed by atoms with Gasteiger partial charge in [-0.25, -0.2) is 4.98 Å². The van der Waals surface area contributed by atoms with Gasteiger partial charge in [-0.15, -0.1) is 10.2 Å². The maximum Gasteiger partial charge on any atom is 0.380 e. The van der Waals surface area contributed by atoms with Crippen molar-refractivity contribution in [3.8, 4) is 0 Å². The zero-order valence-corrected chi connectivity index (χ0v) is 15.0.